The number of thiophene rings is 1. The van der Waals surface area contributed by atoms with Crippen molar-refractivity contribution in [2.24, 2.45) is 0 Å². The molecule has 0 unspecified atom stereocenters. The summed E-state index contributed by atoms with van der Waals surface area (Å²) in [5.74, 6) is 0.181. The Bertz CT molecular complexity index is 967. The van der Waals surface area contributed by atoms with E-state index in [1.807, 2.05) is 38.3 Å². The number of aryl methyl sites for hydroxylation is 2. The van der Waals surface area contributed by atoms with Crippen LogP contribution in [0.4, 0.5) is 0 Å². The highest BCUT2D eigenvalue weighted by atomic mass is 32.2. The molecule has 0 aliphatic rings. The summed E-state index contributed by atoms with van der Waals surface area (Å²) < 4.78 is 5.65. The maximum Gasteiger partial charge on any atom is 0.277 e. The second-order valence-electron chi connectivity index (χ2n) is 6.07. The Morgan fingerprint density at radius 2 is 2.14 bits per heavy atom. The van der Waals surface area contributed by atoms with Gasteiger partial charge in [-0.2, -0.15) is 0 Å². The summed E-state index contributed by atoms with van der Waals surface area (Å²) >= 11 is 4.23. The fourth-order valence-corrected chi connectivity index (χ4v) is 4.66. The zero-order valence-electron chi connectivity index (χ0n) is 16.3. The SMILES string of the molecule is CCN(CC(=O)NCc1cccs1)C(=O)CSc1nnc(-c2sc(C)nc2C)o1. The molecule has 11 heteroatoms. The van der Waals surface area contributed by atoms with Crippen molar-refractivity contribution in [2.45, 2.75) is 32.5 Å². The fourth-order valence-electron chi connectivity index (χ4n) is 2.51. The minimum Gasteiger partial charge on any atom is -0.410 e. The molecule has 0 bridgehead atoms. The summed E-state index contributed by atoms with van der Waals surface area (Å²) in [6.07, 6.45) is 0. The van der Waals surface area contributed by atoms with Crippen LogP contribution in [0.25, 0.3) is 10.8 Å². The van der Waals surface area contributed by atoms with E-state index in [0.717, 1.165) is 32.2 Å². The number of thiazole rings is 1. The molecular formula is C18H21N5O3S3. The number of likely N-dealkylation sites (N-methyl/N-ethyl adjacent to an activating group) is 1. The van der Waals surface area contributed by atoms with Gasteiger partial charge in [-0.15, -0.1) is 32.9 Å². The van der Waals surface area contributed by atoms with Crippen molar-refractivity contribution < 1.29 is 14.0 Å². The van der Waals surface area contributed by atoms with Crippen molar-refractivity contribution in [3.8, 4) is 10.8 Å². The summed E-state index contributed by atoms with van der Waals surface area (Å²) in [5, 5.41) is 14.1. The van der Waals surface area contributed by atoms with Crippen LogP contribution in [0, 0.1) is 13.8 Å². The molecule has 1 N–H and O–H groups in total. The van der Waals surface area contributed by atoms with E-state index in [2.05, 4.69) is 20.5 Å². The molecule has 29 heavy (non-hydrogen) atoms. The van der Waals surface area contributed by atoms with Crippen LogP contribution in [0.3, 0.4) is 0 Å². The molecule has 0 spiro atoms. The largest absolute Gasteiger partial charge is 0.410 e. The topological polar surface area (TPSA) is 101 Å². The Kier molecular flexibility index (Phi) is 7.40. The lowest BCUT2D eigenvalue weighted by molar-refractivity contribution is -0.133. The smallest absolute Gasteiger partial charge is 0.277 e. The lowest BCUT2D eigenvalue weighted by Gasteiger charge is -2.19. The number of carbonyl (C=O) groups is 2. The average molecular weight is 452 g/mol. The number of amides is 2. The van der Waals surface area contributed by atoms with Crippen molar-refractivity contribution in [2.75, 3.05) is 18.8 Å². The van der Waals surface area contributed by atoms with Gasteiger partial charge >= 0.3 is 0 Å². The molecule has 0 aliphatic carbocycles. The number of rotatable bonds is 9. The molecule has 3 aromatic heterocycles. The number of thioether (sulfide) groups is 1. The van der Waals surface area contributed by atoms with Crippen LogP contribution in [0.15, 0.2) is 27.2 Å². The van der Waals surface area contributed by atoms with Crippen LogP contribution < -0.4 is 5.32 Å². The number of aromatic nitrogens is 3. The predicted molar refractivity (Wildman–Crippen MR) is 114 cm³/mol. The Balaban J connectivity index is 1.49. The van der Waals surface area contributed by atoms with Gasteiger partial charge in [-0.05, 0) is 32.2 Å². The second-order valence-corrected chi connectivity index (χ2v) is 9.24. The zero-order valence-corrected chi connectivity index (χ0v) is 18.7. The van der Waals surface area contributed by atoms with Crippen molar-refractivity contribution >= 4 is 46.2 Å². The highest BCUT2D eigenvalue weighted by Gasteiger charge is 2.19. The molecule has 3 aromatic rings. The molecule has 0 atom stereocenters. The van der Waals surface area contributed by atoms with Gasteiger partial charge in [0.2, 0.25) is 11.8 Å². The Morgan fingerprint density at radius 3 is 2.79 bits per heavy atom. The Hall–Kier alpha value is -2.24. The van der Waals surface area contributed by atoms with Gasteiger partial charge in [0.1, 0.15) is 4.88 Å². The standard InChI is InChI=1S/C18H21N5O3S3/c1-4-23(9-14(24)19-8-13-6-5-7-27-13)15(25)10-28-18-22-21-17(26-18)16-11(2)20-12(3)29-16/h5-7H,4,8-10H2,1-3H3,(H,19,24). The quantitative estimate of drug-likeness (QED) is 0.499. The third-order valence-corrected chi connectivity index (χ3v) is 6.67. The van der Waals surface area contributed by atoms with Crippen LogP contribution in [0.5, 0.6) is 0 Å². The predicted octanol–water partition coefficient (Wildman–Crippen LogP) is 3.13. The van der Waals surface area contributed by atoms with Gasteiger partial charge in [0, 0.05) is 11.4 Å². The normalized spacial score (nSPS) is 10.9. The number of hydrogen-bond donors (Lipinski definition) is 1. The molecule has 8 nitrogen and oxygen atoms in total. The van der Waals surface area contributed by atoms with Crippen molar-refractivity contribution in [1.29, 1.82) is 0 Å². The maximum atomic E-state index is 12.5. The average Bonchev–Trinajstić information content (AvgIpc) is 3.43. The number of hydrogen-bond acceptors (Lipinski definition) is 9. The van der Waals surface area contributed by atoms with E-state index in [1.54, 1.807) is 11.3 Å². The molecule has 2 amide bonds. The third kappa shape index (κ3) is 5.87. The van der Waals surface area contributed by atoms with E-state index in [1.165, 1.54) is 16.2 Å². The van der Waals surface area contributed by atoms with Gasteiger partial charge in [-0.25, -0.2) is 4.98 Å². The minimum absolute atomic E-state index is 0.0235. The molecule has 0 saturated carbocycles. The van der Waals surface area contributed by atoms with Crippen LogP contribution in [0.2, 0.25) is 0 Å². The van der Waals surface area contributed by atoms with Gasteiger partial charge < -0.3 is 14.6 Å². The van der Waals surface area contributed by atoms with E-state index >= 15 is 0 Å². The van der Waals surface area contributed by atoms with Gasteiger partial charge in [0.25, 0.3) is 11.1 Å². The first-order valence-corrected chi connectivity index (χ1v) is 11.6. The molecule has 0 aromatic carbocycles. The summed E-state index contributed by atoms with van der Waals surface area (Å²) in [6, 6.07) is 3.89. The van der Waals surface area contributed by atoms with Gasteiger partial charge in [0.15, 0.2) is 0 Å². The van der Waals surface area contributed by atoms with E-state index in [0.29, 0.717) is 24.2 Å². The summed E-state index contributed by atoms with van der Waals surface area (Å²) in [5.41, 5.74) is 0.842. The molecular weight excluding hydrogens is 430 g/mol. The first-order valence-electron chi connectivity index (χ1n) is 8.93. The van der Waals surface area contributed by atoms with Crippen LogP contribution in [-0.4, -0.2) is 50.7 Å². The summed E-state index contributed by atoms with van der Waals surface area (Å²) in [4.78, 5) is 32.4. The Labute approximate surface area is 180 Å². The molecule has 0 radical (unpaired) electrons. The van der Waals surface area contributed by atoms with Crippen molar-refractivity contribution in [3.05, 3.63) is 33.1 Å². The summed E-state index contributed by atoms with van der Waals surface area (Å²) in [6.45, 7) is 6.59. The first kappa shape index (κ1) is 21.5. The third-order valence-electron chi connectivity index (χ3n) is 3.93. The maximum absolute atomic E-state index is 12.5. The van der Waals surface area contributed by atoms with Crippen LogP contribution in [-0.2, 0) is 16.1 Å². The van der Waals surface area contributed by atoms with Crippen molar-refractivity contribution in [3.63, 3.8) is 0 Å². The molecule has 0 aliphatic heterocycles. The summed E-state index contributed by atoms with van der Waals surface area (Å²) in [7, 11) is 0. The lowest BCUT2D eigenvalue weighted by Crippen LogP contribution is -2.41. The fraction of sp³-hybridized carbons (Fsp3) is 0.389. The van der Waals surface area contributed by atoms with E-state index in [4.69, 9.17) is 4.42 Å². The molecule has 154 valence electrons. The minimum atomic E-state index is -0.185. The number of nitrogens with one attached hydrogen (secondary N) is 1. The van der Waals surface area contributed by atoms with Gasteiger partial charge in [0.05, 0.1) is 29.5 Å². The number of carbonyl (C=O) groups excluding carboxylic acids is 2. The highest BCUT2D eigenvalue weighted by Crippen LogP contribution is 2.30. The molecule has 3 rings (SSSR count). The van der Waals surface area contributed by atoms with Crippen molar-refractivity contribution in [1.82, 2.24) is 25.4 Å². The first-order chi connectivity index (χ1) is 14.0. The van der Waals surface area contributed by atoms with Gasteiger partial charge in [-0.1, -0.05) is 17.8 Å². The van der Waals surface area contributed by atoms with Crippen LogP contribution >= 0.6 is 34.4 Å². The Morgan fingerprint density at radius 1 is 1.31 bits per heavy atom. The lowest BCUT2D eigenvalue weighted by atomic mass is 10.4. The van der Waals surface area contributed by atoms with E-state index < -0.39 is 0 Å². The second kappa shape index (κ2) is 9.99. The zero-order chi connectivity index (χ0) is 20.8. The van der Waals surface area contributed by atoms with E-state index in [9.17, 15) is 9.59 Å². The monoisotopic (exact) mass is 451 g/mol. The molecule has 0 saturated heterocycles. The number of nitrogens with zero attached hydrogens (tertiary/aromatic N) is 4. The van der Waals surface area contributed by atoms with Gasteiger partial charge in [-0.3, -0.25) is 9.59 Å². The van der Waals surface area contributed by atoms with Crippen LogP contribution in [0.1, 0.15) is 22.5 Å². The van der Waals surface area contributed by atoms with E-state index in [-0.39, 0.29) is 24.1 Å². The highest BCUT2D eigenvalue weighted by molar-refractivity contribution is 7.99. The molecule has 3 heterocycles. The molecule has 0 fully saturated rings.